The standard InChI is InChI=1S/C22H28N4O3/c1-16-11-24-20(12-23-16)22(28)25(15-19-7-5-4-6-8-19)10-9-21(27)26-13-17(2)29-18(3)14-26/h4-8,11-12,17-18H,9-10,13-15H2,1-3H3. The molecule has 0 N–H and O–H groups in total. The monoisotopic (exact) mass is 396 g/mol. The molecule has 0 spiro atoms. The summed E-state index contributed by atoms with van der Waals surface area (Å²) in [5.74, 6) is -0.189. The van der Waals surface area contributed by atoms with Gasteiger partial charge in [0.05, 0.1) is 24.1 Å². The molecule has 0 bridgehead atoms. The van der Waals surface area contributed by atoms with Gasteiger partial charge in [-0.1, -0.05) is 30.3 Å². The number of hydrogen-bond acceptors (Lipinski definition) is 5. The first-order chi connectivity index (χ1) is 13.9. The van der Waals surface area contributed by atoms with Crippen LogP contribution in [-0.4, -0.2) is 63.4 Å². The summed E-state index contributed by atoms with van der Waals surface area (Å²) in [5.41, 5.74) is 2.04. The summed E-state index contributed by atoms with van der Waals surface area (Å²) in [7, 11) is 0. The van der Waals surface area contributed by atoms with E-state index in [4.69, 9.17) is 4.74 Å². The molecule has 1 aromatic heterocycles. The third-order valence-electron chi connectivity index (χ3n) is 4.87. The van der Waals surface area contributed by atoms with Crippen molar-refractivity contribution in [2.75, 3.05) is 19.6 Å². The lowest BCUT2D eigenvalue weighted by Crippen LogP contribution is -2.49. The summed E-state index contributed by atoms with van der Waals surface area (Å²) in [4.78, 5) is 37.7. The lowest BCUT2D eigenvalue weighted by molar-refractivity contribution is -0.143. The molecular formula is C22H28N4O3. The Labute approximate surface area is 171 Å². The van der Waals surface area contributed by atoms with Gasteiger partial charge in [-0.2, -0.15) is 0 Å². The van der Waals surface area contributed by atoms with Gasteiger partial charge < -0.3 is 14.5 Å². The molecule has 29 heavy (non-hydrogen) atoms. The fourth-order valence-electron chi connectivity index (χ4n) is 3.49. The molecule has 3 rings (SSSR count). The molecule has 2 heterocycles. The number of morpholine rings is 1. The maximum atomic E-state index is 13.0. The average Bonchev–Trinajstić information content (AvgIpc) is 2.71. The predicted octanol–water partition coefficient (Wildman–Crippen LogP) is 2.45. The average molecular weight is 396 g/mol. The zero-order valence-electron chi connectivity index (χ0n) is 17.2. The maximum Gasteiger partial charge on any atom is 0.274 e. The highest BCUT2D eigenvalue weighted by Gasteiger charge is 2.27. The first kappa shape index (κ1) is 20.9. The van der Waals surface area contributed by atoms with Crippen LogP contribution < -0.4 is 0 Å². The van der Waals surface area contributed by atoms with E-state index in [1.54, 1.807) is 11.1 Å². The normalized spacial score (nSPS) is 19.1. The van der Waals surface area contributed by atoms with Crippen molar-refractivity contribution in [3.05, 3.63) is 59.7 Å². The van der Waals surface area contributed by atoms with Crippen LogP contribution in [0.4, 0.5) is 0 Å². The number of nitrogens with zero attached hydrogens (tertiary/aromatic N) is 4. The van der Waals surface area contributed by atoms with Crippen molar-refractivity contribution in [2.24, 2.45) is 0 Å². The quantitative estimate of drug-likeness (QED) is 0.750. The van der Waals surface area contributed by atoms with Gasteiger partial charge in [-0.25, -0.2) is 4.98 Å². The van der Waals surface area contributed by atoms with Crippen LogP contribution in [0.2, 0.25) is 0 Å². The smallest absolute Gasteiger partial charge is 0.274 e. The van der Waals surface area contributed by atoms with E-state index in [-0.39, 0.29) is 36.1 Å². The van der Waals surface area contributed by atoms with Crippen molar-refractivity contribution in [3.63, 3.8) is 0 Å². The molecule has 1 saturated heterocycles. The summed E-state index contributed by atoms with van der Waals surface area (Å²) in [6.45, 7) is 7.67. The van der Waals surface area contributed by atoms with E-state index in [0.717, 1.165) is 11.3 Å². The van der Waals surface area contributed by atoms with Gasteiger partial charge in [-0.05, 0) is 26.3 Å². The largest absolute Gasteiger partial charge is 0.372 e. The Hall–Kier alpha value is -2.80. The van der Waals surface area contributed by atoms with Gasteiger partial charge in [0.1, 0.15) is 5.69 Å². The second-order valence-corrected chi connectivity index (χ2v) is 7.56. The van der Waals surface area contributed by atoms with Crippen LogP contribution in [-0.2, 0) is 16.1 Å². The van der Waals surface area contributed by atoms with Gasteiger partial charge in [0, 0.05) is 38.8 Å². The van der Waals surface area contributed by atoms with E-state index in [2.05, 4.69) is 9.97 Å². The molecule has 1 aliphatic rings. The van der Waals surface area contributed by atoms with Crippen molar-refractivity contribution in [1.29, 1.82) is 0 Å². The number of aromatic nitrogens is 2. The van der Waals surface area contributed by atoms with Crippen molar-refractivity contribution in [2.45, 2.75) is 45.9 Å². The van der Waals surface area contributed by atoms with Crippen LogP contribution in [0.25, 0.3) is 0 Å². The van der Waals surface area contributed by atoms with Crippen molar-refractivity contribution in [1.82, 2.24) is 19.8 Å². The minimum atomic E-state index is -0.224. The second kappa shape index (κ2) is 9.60. The van der Waals surface area contributed by atoms with E-state index in [9.17, 15) is 9.59 Å². The highest BCUT2D eigenvalue weighted by Crippen LogP contribution is 2.14. The Balaban J connectivity index is 1.70. The topological polar surface area (TPSA) is 75.6 Å². The number of aryl methyl sites for hydroxylation is 1. The molecule has 2 amide bonds. The fraction of sp³-hybridized carbons (Fsp3) is 0.455. The molecule has 0 radical (unpaired) electrons. The minimum absolute atomic E-state index is 0.0209. The molecular weight excluding hydrogens is 368 g/mol. The summed E-state index contributed by atoms with van der Waals surface area (Å²) >= 11 is 0. The third-order valence-corrected chi connectivity index (χ3v) is 4.87. The van der Waals surface area contributed by atoms with E-state index < -0.39 is 0 Å². The highest BCUT2D eigenvalue weighted by molar-refractivity contribution is 5.92. The lowest BCUT2D eigenvalue weighted by atomic mass is 10.2. The van der Waals surface area contributed by atoms with Gasteiger partial charge >= 0.3 is 0 Å². The number of carbonyl (C=O) groups is 2. The van der Waals surface area contributed by atoms with Gasteiger partial charge in [-0.3, -0.25) is 14.6 Å². The van der Waals surface area contributed by atoms with Gasteiger partial charge in [-0.15, -0.1) is 0 Å². The Morgan fingerprint density at radius 1 is 1.10 bits per heavy atom. The zero-order chi connectivity index (χ0) is 20.8. The molecule has 7 nitrogen and oxygen atoms in total. The minimum Gasteiger partial charge on any atom is -0.372 e. The molecule has 0 saturated carbocycles. The number of amides is 2. The van der Waals surface area contributed by atoms with Crippen LogP contribution >= 0.6 is 0 Å². The number of ether oxygens (including phenoxy) is 1. The van der Waals surface area contributed by atoms with Gasteiger partial charge in [0.25, 0.3) is 5.91 Å². The van der Waals surface area contributed by atoms with Crippen molar-refractivity contribution in [3.8, 4) is 0 Å². The molecule has 154 valence electrons. The van der Waals surface area contributed by atoms with Crippen molar-refractivity contribution >= 4 is 11.8 Å². The zero-order valence-corrected chi connectivity index (χ0v) is 17.2. The Morgan fingerprint density at radius 2 is 1.79 bits per heavy atom. The molecule has 2 aromatic rings. The van der Waals surface area contributed by atoms with Crippen LogP contribution in [0.5, 0.6) is 0 Å². The molecule has 1 aliphatic heterocycles. The fourth-order valence-corrected chi connectivity index (χ4v) is 3.49. The summed E-state index contributed by atoms with van der Waals surface area (Å²) < 4.78 is 5.70. The second-order valence-electron chi connectivity index (χ2n) is 7.56. The number of hydrogen-bond donors (Lipinski definition) is 0. The SMILES string of the molecule is Cc1cnc(C(=O)N(CCC(=O)N2CC(C)OC(C)C2)Cc2ccccc2)cn1. The third kappa shape index (κ3) is 5.84. The molecule has 0 aliphatic carbocycles. The Kier molecular flexibility index (Phi) is 6.93. The van der Waals surface area contributed by atoms with E-state index in [1.807, 2.05) is 56.0 Å². The van der Waals surface area contributed by atoms with Crippen LogP contribution in [0.1, 0.15) is 42.0 Å². The lowest BCUT2D eigenvalue weighted by Gasteiger charge is -2.35. The van der Waals surface area contributed by atoms with Crippen LogP contribution in [0.15, 0.2) is 42.7 Å². The predicted molar refractivity (Wildman–Crippen MR) is 109 cm³/mol. The molecule has 1 fully saturated rings. The highest BCUT2D eigenvalue weighted by atomic mass is 16.5. The van der Waals surface area contributed by atoms with E-state index >= 15 is 0 Å². The maximum absolute atomic E-state index is 13.0. The van der Waals surface area contributed by atoms with Crippen molar-refractivity contribution < 1.29 is 14.3 Å². The first-order valence-corrected chi connectivity index (χ1v) is 9.97. The molecule has 2 unspecified atom stereocenters. The summed E-state index contributed by atoms with van der Waals surface area (Å²) in [6, 6.07) is 9.74. The number of benzene rings is 1. The summed E-state index contributed by atoms with van der Waals surface area (Å²) in [5, 5.41) is 0. The number of carbonyl (C=O) groups excluding carboxylic acids is 2. The summed E-state index contributed by atoms with van der Waals surface area (Å²) in [6.07, 6.45) is 3.37. The van der Waals surface area contributed by atoms with E-state index in [0.29, 0.717) is 26.2 Å². The Bertz CT molecular complexity index is 816. The van der Waals surface area contributed by atoms with E-state index in [1.165, 1.54) is 6.20 Å². The van der Waals surface area contributed by atoms with Crippen LogP contribution in [0.3, 0.4) is 0 Å². The molecule has 1 aromatic carbocycles. The van der Waals surface area contributed by atoms with Gasteiger partial charge in [0.2, 0.25) is 5.91 Å². The number of rotatable bonds is 6. The Morgan fingerprint density at radius 3 is 2.41 bits per heavy atom. The molecule has 2 atom stereocenters. The van der Waals surface area contributed by atoms with Crippen LogP contribution in [0, 0.1) is 6.92 Å². The van der Waals surface area contributed by atoms with Gasteiger partial charge in [0.15, 0.2) is 0 Å². The molecule has 7 heteroatoms. The first-order valence-electron chi connectivity index (χ1n) is 9.97.